The first-order valence-electron chi connectivity index (χ1n) is 28.2. The highest BCUT2D eigenvalue weighted by molar-refractivity contribution is 5.82. The second kappa shape index (κ2) is 22.4. The van der Waals surface area contributed by atoms with Crippen molar-refractivity contribution in [3.8, 4) is 0 Å². The number of hydrogen-bond acceptors (Lipinski definition) is 23. The van der Waals surface area contributed by atoms with Crippen LogP contribution in [0.2, 0.25) is 0 Å². The average molecular weight is 1150 g/mol. The minimum Gasteiger partial charge on any atom is -0.479 e. The van der Waals surface area contributed by atoms with Gasteiger partial charge in [-0.25, -0.2) is 9.59 Å². The van der Waals surface area contributed by atoms with E-state index in [9.17, 15) is 75.3 Å². The maximum absolute atomic E-state index is 14.0. The topological polar surface area (TPSA) is 374 Å². The number of fused-ring (bicyclic) bond motifs is 7. The zero-order valence-electron chi connectivity index (χ0n) is 47.7. The molecule has 5 aliphatic carbocycles. The van der Waals surface area contributed by atoms with E-state index in [0.717, 1.165) is 5.57 Å². The first-order chi connectivity index (χ1) is 37.1. The number of rotatable bonds is 14. The van der Waals surface area contributed by atoms with E-state index in [1.54, 1.807) is 6.92 Å². The molecule has 8 aliphatic rings. The van der Waals surface area contributed by atoms with Gasteiger partial charge in [0.1, 0.15) is 73.2 Å². The number of aliphatic hydroxyl groups is 10. The number of hydrogen-bond donors (Lipinski definition) is 11. The van der Waals surface area contributed by atoms with Crippen LogP contribution in [0.3, 0.4) is 0 Å². The molecule has 0 aromatic rings. The summed E-state index contributed by atoms with van der Waals surface area (Å²) in [4.78, 5) is 52.2. The second-order valence-corrected chi connectivity index (χ2v) is 26.5. The van der Waals surface area contributed by atoms with Crippen LogP contribution >= 0.6 is 0 Å². The first-order valence-corrected chi connectivity index (χ1v) is 28.2. The molecule has 11 N–H and O–H groups in total. The molecular weight excluding hydrogens is 1060 g/mol. The van der Waals surface area contributed by atoms with Crippen molar-refractivity contribution in [3.05, 3.63) is 11.6 Å². The second-order valence-electron chi connectivity index (χ2n) is 26.5. The molecule has 26 atom stereocenters. The number of allylic oxidation sites excluding steroid dienone is 2. The number of aliphatic carboxylic acids is 1. The highest BCUT2D eigenvalue weighted by Gasteiger charge is 2.74. The summed E-state index contributed by atoms with van der Waals surface area (Å²) in [7, 11) is 0. The predicted molar refractivity (Wildman–Crippen MR) is 273 cm³/mol. The Morgan fingerprint density at radius 2 is 1.36 bits per heavy atom. The van der Waals surface area contributed by atoms with Crippen molar-refractivity contribution in [1.82, 2.24) is 0 Å². The van der Waals surface area contributed by atoms with Crippen molar-refractivity contribution >= 4 is 23.9 Å². The number of carboxylic acid groups (broad SMARTS) is 1. The first kappa shape index (κ1) is 63.0. The van der Waals surface area contributed by atoms with Gasteiger partial charge in [0.25, 0.3) is 0 Å². The van der Waals surface area contributed by atoms with Crippen molar-refractivity contribution < 1.29 is 118 Å². The summed E-state index contributed by atoms with van der Waals surface area (Å²) in [5.74, 6) is -4.53. The molecule has 0 amide bonds. The van der Waals surface area contributed by atoms with Crippen LogP contribution in [-0.4, -0.2) is 216 Å². The monoisotopic (exact) mass is 1140 g/mol. The summed E-state index contributed by atoms with van der Waals surface area (Å²) in [6.45, 7) is 18.1. The molecule has 0 aromatic carbocycles. The maximum Gasteiger partial charge on any atom is 0.350 e. The van der Waals surface area contributed by atoms with E-state index < -0.39 is 198 Å². The lowest BCUT2D eigenvalue weighted by molar-refractivity contribution is -0.392. The van der Waals surface area contributed by atoms with Gasteiger partial charge in [-0.3, -0.25) is 9.59 Å². The zero-order chi connectivity index (χ0) is 59.4. The fourth-order valence-corrected chi connectivity index (χ4v) is 16.4. The van der Waals surface area contributed by atoms with Crippen LogP contribution in [0, 0.1) is 50.2 Å². The Bertz CT molecular complexity index is 2330. The molecule has 24 nitrogen and oxygen atoms in total. The summed E-state index contributed by atoms with van der Waals surface area (Å²) in [6, 6.07) is 0. The van der Waals surface area contributed by atoms with Gasteiger partial charge in [0.05, 0.1) is 37.4 Å². The number of ether oxygens (including phenoxy) is 9. The lowest BCUT2D eigenvalue weighted by Gasteiger charge is -2.72. The van der Waals surface area contributed by atoms with E-state index in [1.165, 1.54) is 20.8 Å². The van der Waals surface area contributed by atoms with Gasteiger partial charge in [-0.1, -0.05) is 67.0 Å². The molecule has 0 unspecified atom stereocenters. The van der Waals surface area contributed by atoms with Gasteiger partial charge in [-0.05, 0) is 97.7 Å². The number of carbonyl (C=O) groups is 4. The quantitative estimate of drug-likeness (QED) is 0.0476. The van der Waals surface area contributed by atoms with Gasteiger partial charge in [0.2, 0.25) is 5.60 Å². The third-order valence-electron chi connectivity index (χ3n) is 21.2. The fraction of sp³-hybridized carbons (Fsp3) is 0.893. The zero-order valence-corrected chi connectivity index (χ0v) is 47.7. The standard InChI is InChI=1S/C56H88O24/c1-12-55(11,80-25(3)60)49(71)79-43-44(73-24(2)59)56(23-58)27(19-50(43,4)5)26-13-14-31-52(8)17-16-33(51(6,7)30(52)15-18-53(31,9)54(26,10)20-32(56)62)75-48-42(78-47-38(67)36(65)35(64)29(21-57)74-47)40(39(68)41(77-48)45(69)70)76-46-37(66)34(63)28(61)22-72-46/h13,27-44,46-48,57-58,61-68H,12,14-23H2,1-11H3,(H,69,70)/t27-,28-,29+,30-,31+,32+,33-,34-,35+,36-,37+,38+,39-,40-,41-,42+,43-,44-,46-,47-,48+,52-,53+,54+,55-,56-/m0/s1. The van der Waals surface area contributed by atoms with Crippen molar-refractivity contribution in [2.24, 2.45) is 50.2 Å². The molecule has 3 aliphatic heterocycles. The Labute approximate surface area is 465 Å². The molecule has 4 saturated carbocycles. The number of esters is 3. The Hall–Kier alpha value is -3.02. The van der Waals surface area contributed by atoms with Crippen LogP contribution in [0.15, 0.2) is 11.6 Å². The Morgan fingerprint density at radius 3 is 1.96 bits per heavy atom. The van der Waals surface area contributed by atoms with Gasteiger partial charge in [-0.2, -0.15) is 0 Å². The lowest BCUT2D eigenvalue weighted by Crippen LogP contribution is -2.72. The Kier molecular flexibility index (Phi) is 17.7. The van der Waals surface area contributed by atoms with Crippen molar-refractivity contribution in [2.75, 3.05) is 19.8 Å². The summed E-state index contributed by atoms with van der Waals surface area (Å²) in [5.41, 5.74) is -5.40. The summed E-state index contributed by atoms with van der Waals surface area (Å²) >= 11 is 0. The molecule has 0 spiro atoms. The molecule has 3 heterocycles. The van der Waals surface area contributed by atoms with E-state index >= 15 is 0 Å². The van der Waals surface area contributed by atoms with Crippen LogP contribution in [0.25, 0.3) is 0 Å². The van der Waals surface area contributed by atoms with Gasteiger partial charge in [0.15, 0.2) is 25.0 Å². The van der Waals surface area contributed by atoms with Crippen LogP contribution < -0.4 is 0 Å². The third-order valence-corrected chi connectivity index (χ3v) is 21.2. The Balaban J connectivity index is 1.11. The summed E-state index contributed by atoms with van der Waals surface area (Å²) < 4.78 is 54.3. The van der Waals surface area contributed by atoms with E-state index in [0.29, 0.717) is 38.5 Å². The molecule has 80 heavy (non-hydrogen) atoms. The highest BCUT2D eigenvalue weighted by Crippen LogP contribution is 2.76. The fourth-order valence-electron chi connectivity index (χ4n) is 16.4. The molecule has 24 heteroatoms. The third kappa shape index (κ3) is 10.2. The van der Waals surface area contributed by atoms with Crippen LogP contribution in [0.4, 0.5) is 0 Å². The number of aliphatic hydroxyl groups excluding tert-OH is 10. The summed E-state index contributed by atoms with van der Waals surface area (Å²) in [6.07, 6.45) is -24.5. The summed E-state index contributed by atoms with van der Waals surface area (Å²) in [5, 5.41) is 121. The predicted octanol–water partition coefficient (Wildman–Crippen LogP) is 0.111. The Morgan fingerprint density at radius 1 is 0.713 bits per heavy atom. The van der Waals surface area contributed by atoms with Gasteiger partial charge >= 0.3 is 23.9 Å². The van der Waals surface area contributed by atoms with E-state index in [4.69, 9.17) is 42.6 Å². The normalized spacial score (nSPS) is 48.5. The molecule has 0 bridgehead atoms. The molecule has 456 valence electrons. The van der Waals surface area contributed by atoms with Crippen LogP contribution in [0.1, 0.15) is 128 Å². The SMILES string of the molecule is CC[C@](C)(OC(C)=O)C(=O)O[C@H]1[C@H](OC(C)=O)[C@]2(CO)[C@H](O)C[C@]3(C)C(=CC[C@@H]4[C@@]5(C)CC[C@H](O[C@@H]6O[C@H](C(=O)O)[C@@H](O)[C@H](O[C@@H]7OC[C@H](O)[C@H](O)[C@H]7O)[C@H]6O[C@@H]6O[C@H](CO)[C@@H](O)[C@H](O)[C@H]6O)C(C)(C)[C@@H]5CC[C@]43C)[C@@H]2CC1(C)C. The smallest absolute Gasteiger partial charge is 0.350 e. The molecule has 0 radical (unpaired) electrons. The molecule has 8 rings (SSSR count). The maximum atomic E-state index is 14.0. The molecule has 7 fully saturated rings. The molecule has 0 aromatic heterocycles. The molecule has 3 saturated heterocycles. The van der Waals surface area contributed by atoms with E-state index in [-0.39, 0.29) is 24.7 Å². The van der Waals surface area contributed by atoms with E-state index in [2.05, 4.69) is 26.8 Å². The highest BCUT2D eigenvalue weighted by atomic mass is 16.8. The van der Waals surface area contributed by atoms with Crippen molar-refractivity contribution in [2.45, 2.75) is 244 Å². The van der Waals surface area contributed by atoms with Crippen molar-refractivity contribution in [1.29, 1.82) is 0 Å². The molecular formula is C56H88O24. The van der Waals surface area contributed by atoms with Gasteiger partial charge in [-0.15, -0.1) is 0 Å². The van der Waals surface area contributed by atoms with Crippen LogP contribution in [-0.2, 0) is 61.8 Å². The van der Waals surface area contributed by atoms with Gasteiger partial charge in [0, 0.05) is 19.3 Å². The van der Waals surface area contributed by atoms with Gasteiger partial charge < -0.3 is 98.8 Å². The number of carboxylic acids is 1. The van der Waals surface area contributed by atoms with Crippen LogP contribution in [0.5, 0.6) is 0 Å². The van der Waals surface area contributed by atoms with Crippen molar-refractivity contribution in [3.63, 3.8) is 0 Å². The minimum atomic E-state index is -2.12. The average Bonchev–Trinajstić information content (AvgIpc) is 3.51. The van der Waals surface area contributed by atoms with E-state index in [1.807, 2.05) is 27.7 Å². The lowest BCUT2D eigenvalue weighted by atomic mass is 9.33. The minimum absolute atomic E-state index is 0.00701. The largest absolute Gasteiger partial charge is 0.479 e. The number of carbonyl (C=O) groups excluding carboxylic acids is 3.